The summed E-state index contributed by atoms with van der Waals surface area (Å²) in [4.78, 5) is 14.2. The molecule has 0 bridgehead atoms. The molecule has 1 N–H and O–H groups in total. The third kappa shape index (κ3) is 5.47. The predicted octanol–water partition coefficient (Wildman–Crippen LogP) is 2.47. The minimum absolute atomic E-state index is 0.185. The molecule has 128 valence electrons. The number of hydrogen-bond acceptors (Lipinski definition) is 4. The van der Waals surface area contributed by atoms with E-state index in [0.717, 1.165) is 11.8 Å². The van der Waals surface area contributed by atoms with Gasteiger partial charge in [-0.25, -0.2) is 8.42 Å². The molecule has 2 aromatic rings. The van der Waals surface area contributed by atoms with Gasteiger partial charge in [-0.3, -0.25) is 9.69 Å². The van der Waals surface area contributed by atoms with Crippen molar-refractivity contribution in [1.29, 1.82) is 0 Å². The molecular weight excluding hydrogens is 324 g/mol. The fourth-order valence-corrected chi connectivity index (χ4v) is 2.98. The Morgan fingerprint density at radius 2 is 1.79 bits per heavy atom. The lowest BCUT2D eigenvalue weighted by Gasteiger charge is -2.16. The van der Waals surface area contributed by atoms with Crippen LogP contribution in [0.3, 0.4) is 0 Å². The number of sulfone groups is 1. The van der Waals surface area contributed by atoms with Crippen LogP contribution in [0.15, 0.2) is 53.4 Å². The van der Waals surface area contributed by atoms with Gasteiger partial charge in [-0.15, -0.1) is 0 Å². The molecule has 0 unspecified atom stereocenters. The molecule has 5 nitrogen and oxygen atoms in total. The van der Waals surface area contributed by atoms with Gasteiger partial charge in [-0.05, 0) is 37.7 Å². The van der Waals surface area contributed by atoms with Gasteiger partial charge in [0.25, 0.3) is 0 Å². The maximum absolute atomic E-state index is 12.1. The van der Waals surface area contributed by atoms with Gasteiger partial charge in [0.1, 0.15) is 0 Å². The van der Waals surface area contributed by atoms with E-state index in [1.807, 2.05) is 43.1 Å². The minimum atomic E-state index is -3.29. The molecule has 0 fully saturated rings. The highest BCUT2D eigenvalue weighted by atomic mass is 32.2. The predicted molar refractivity (Wildman–Crippen MR) is 95.7 cm³/mol. The Morgan fingerprint density at radius 3 is 2.42 bits per heavy atom. The summed E-state index contributed by atoms with van der Waals surface area (Å²) in [5, 5.41) is 2.74. The molecule has 0 heterocycles. The third-order valence-corrected chi connectivity index (χ3v) is 4.64. The average molecular weight is 346 g/mol. The van der Waals surface area contributed by atoms with E-state index >= 15 is 0 Å². The normalized spacial score (nSPS) is 11.5. The SMILES string of the molecule is Cc1ccc(CN(C)CC(=O)Nc2cccc(S(C)(=O)=O)c2)cc1. The number of anilines is 1. The van der Waals surface area contributed by atoms with E-state index in [0.29, 0.717) is 12.2 Å². The van der Waals surface area contributed by atoms with Gasteiger partial charge in [0.05, 0.1) is 11.4 Å². The highest BCUT2D eigenvalue weighted by Gasteiger charge is 2.10. The second kappa shape index (κ2) is 7.59. The highest BCUT2D eigenvalue weighted by Crippen LogP contribution is 2.15. The number of aryl methyl sites for hydroxylation is 1. The first-order valence-corrected chi connectivity index (χ1v) is 9.47. The standard InChI is InChI=1S/C18H22N2O3S/c1-14-7-9-15(10-8-14)12-20(2)13-18(21)19-16-5-4-6-17(11-16)24(3,22)23/h4-11H,12-13H2,1-3H3,(H,19,21). The number of hydrogen-bond donors (Lipinski definition) is 1. The highest BCUT2D eigenvalue weighted by molar-refractivity contribution is 7.90. The van der Waals surface area contributed by atoms with Crippen molar-refractivity contribution in [2.75, 3.05) is 25.2 Å². The smallest absolute Gasteiger partial charge is 0.238 e. The quantitative estimate of drug-likeness (QED) is 0.872. The number of likely N-dealkylation sites (N-methyl/N-ethyl adjacent to an activating group) is 1. The maximum atomic E-state index is 12.1. The monoisotopic (exact) mass is 346 g/mol. The molecule has 0 saturated carbocycles. The first-order chi connectivity index (χ1) is 11.2. The molecule has 2 rings (SSSR count). The molecule has 24 heavy (non-hydrogen) atoms. The summed E-state index contributed by atoms with van der Waals surface area (Å²) in [6.45, 7) is 2.92. The summed E-state index contributed by atoms with van der Waals surface area (Å²) in [6, 6.07) is 14.4. The van der Waals surface area contributed by atoms with Crippen molar-refractivity contribution in [2.24, 2.45) is 0 Å². The van der Waals surface area contributed by atoms with Crippen molar-refractivity contribution in [1.82, 2.24) is 4.90 Å². The number of benzene rings is 2. The molecule has 2 aromatic carbocycles. The van der Waals surface area contributed by atoms with Crippen LogP contribution in [-0.4, -0.2) is 39.1 Å². The molecule has 0 aliphatic rings. The fourth-order valence-electron chi connectivity index (χ4n) is 2.31. The van der Waals surface area contributed by atoms with E-state index in [2.05, 4.69) is 5.32 Å². The minimum Gasteiger partial charge on any atom is -0.325 e. The van der Waals surface area contributed by atoms with E-state index in [1.54, 1.807) is 12.1 Å². The van der Waals surface area contributed by atoms with E-state index in [4.69, 9.17) is 0 Å². The van der Waals surface area contributed by atoms with Crippen LogP contribution in [0.5, 0.6) is 0 Å². The van der Waals surface area contributed by atoms with Crippen LogP contribution in [-0.2, 0) is 21.2 Å². The Bertz CT molecular complexity index is 814. The molecule has 0 aliphatic carbocycles. The van der Waals surface area contributed by atoms with Crippen LogP contribution < -0.4 is 5.32 Å². The topological polar surface area (TPSA) is 66.5 Å². The molecule has 0 aliphatic heterocycles. The summed E-state index contributed by atoms with van der Waals surface area (Å²) in [7, 11) is -1.42. The number of amides is 1. The van der Waals surface area contributed by atoms with Crippen LogP contribution >= 0.6 is 0 Å². The molecule has 0 spiro atoms. The zero-order chi connectivity index (χ0) is 17.7. The summed E-state index contributed by atoms with van der Waals surface area (Å²) < 4.78 is 23.1. The number of carbonyl (C=O) groups excluding carboxylic acids is 1. The van der Waals surface area contributed by atoms with Crippen molar-refractivity contribution in [3.8, 4) is 0 Å². The van der Waals surface area contributed by atoms with Gasteiger partial charge in [-0.1, -0.05) is 35.9 Å². The summed E-state index contributed by atoms with van der Waals surface area (Å²) in [5.74, 6) is -0.185. The van der Waals surface area contributed by atoms with Crippen molar-refractivity contribution < 1.29 is 13.2 Å². The molecule has 0 radical (unpaired) electrons. The first-order valence-electron chi connectivity index (χ1n) is 7.58. The van der Waals surface area contributed by atoms with Crippen molar-refractivity contribution in [3.63, 3.8) is 0 Å². The largest absolute Gasteiger partial charge is 0.325 e. The van der Waals surface area contributed by atoms with E-state index in [1.165, 1.54) is 17.7 Å². The van der Waals surface area contributed by atoms with Crippen molar-refractivity contribution in [2.45, 2.75) is 18.4 Å². The van der Waals surface area contributed by atoms with Gasteiger partial charge in [0, 0.05) is 18.5 Å². The van der Waals surface area contributed by atoms with Crippen molar-refractivity contribution in [3.05, 3.63) is 59.7 Å². The lowest BCUT2D eigenvalue weighted by atomic mass is 10.1. The van der Waals surface area contributed by atoms with Crippen molar-refractivity contribution >= 4 is 21.4 Å². The number of nitrogens with zero attached hydrogens (tertiary/aromatic N) is 1. The summed E-state index contributed by atoms with van der Waals surface area (Å²) >= 11 is 0. The van der Waals surface area contributed by atoms with E-state index < -0.39 is 9.84 Å². The molecule has 0 atom stereocenters. The number of carbonyl (C=O) groups is 1. The first kappa shape index (κ1) is 18.2. The van der Waals surface area contributed by atoms with Crippen LogP contribution in [0.2, 0.25) is 0 Å². The van der Waals surface area contributed by atoms with Crippen LogP contribution in [0.1, 0.15) is 11.1 Å². The Morgan fingerprint density at radius 1 is 1.12 bits per heavy atom. The zero-order valence-corrected chi connectivity index (χ0v) is 14.9. The zero-order valence-electron chi connectivity index (χ0n) is 14.1. The molecule has 0 saturated heterocycles. The molecule has 0 aromatic heterocycles. The fraction of sp³-hybridized carbons (Fsp3) is 0.278. The molecule has 6 heteroatoms. The number of nitrogens with one attached hydrogen (secondary N) is 1. The third-order valence-electron chi connectivity index (χ3n) is 3.53. The van der Waals surface area contributed by atoms with Gasteiger partial charge >= 0.3 is 0 Å². The Balaban J connectivity index is 1.94. The maximum Gasteiger partial charge on any atom is 0.238 e. The Hall–Kier alpha value is -2.18. The van der Waals surface area contributed by atoms with Crippen LogP contribution in [0.4, 0.5) is 5.69 Å². The average Bonchev–Trinajstić information content (AvgIpc) is 2.49. The van der Waals surface area contributed by atoms with E-state index in [9.17, 15) is 13.2 Å². The van der Waals surface area contributed by atoms with Crippen LogP contribution in [0, 0.1) is 6.92 Å². The summed E-state index contributed by atoms with van der Waals surface area (Å²) in [6.07, 6.45) is 1.14. The lowest BCUT2D eigenvalue weighted by molar-refractivity contribution is -0.117. The van der Waals surface area contributed by atoms with Gasteiger partial charge in [-0.2, -0.15) is 0 Å². The lowest BCUT2D eigenvalue weighted by Crippen LogP contribution is -2.29. The van der Waals surface area contributed by atoms with Gasteiger partial charge < -0.3 is 5.32 Å². The van der Waals surface area contributed by atoms with Gasteiger partial charge in [0.2, 0.25) is 5.91 Å². The number of rotatable bonds is 6. The Labute approximate surface area is 143 Å². The van der Waals surface area contributed by atoms with Gasteiger partial charge in [0.15, 0.2) is 9.84 Å². The second-order valence-corrected chi connectivity index (χ2v) is 8.02. The van der Waals surface area contributed by atoms with Crippen LogP contribution in [0.25, 0.3) is 0 Å². The molecule has 1 amide bonds. The summed E-state index contributed by atoms with van der Waals surface area (Å²) in [5.41, 5.74) is 2.81. The Kier molecular flexibility index (Phi) is 5.75. The van der Waals surface area contributed by atoms with E-state index in [-0.39, 0.29) is 17.3 Å². The second-order valence-electron chi connectivity index (χ2n) is 6.01. The molecular formula is C18H22N2O3S.